The lowest BCUT2D eigenvalue weighted by atomic mass is 9.86. The van der Waals surface area contributed by atoms with Gasteiger partial charge in [-0.2, -0.15) is 0 Å². The van der Waals surface area contributed by atoms with Crippen LogP contribution in [-0.2, 0) is 6.42 Å². The standard InChI is InChI=1S/C12H13Cl3/c1-3-12(2,8-13)7-9-6-10(14)4-5-11(9)15/h3-6H,1,7-8H2,2H3. The molecule has 0 aliphatic heterocycles. The maximum atomic E-state index is 6.08. The minimum atomic E-state index is -0.143. The van der Waals surface area contributed by atoms with Crippen molar-refractivity contribution in [1.82, 2.24) is 0 Å². The summed E-state index contributed by atoms with van der Waals surface area (Å²) in [7, 11) is 0. The number of rotatable bonds is 4. The Hall–Kier alpha value is -0.170. The molecular formula is C12H13Cl3. The molecule has 0 aliphatic carbocycles. The second kappa shape index (κ2) is 5.25. The van der Waals surface area contributed by atoms with E-state index >= 15 is 0 Å². The summed E-state index contributed by atoms with van der Waals surface area (Å²) < 4.78 is 0. The van der Waals surface area contributed by atoms with Gasteiger partial charge in [0.25, 0.3) is 0 Å². The SMILES string of the molecule is C=CC(C)(CCl)Cc1cc(Cl)ccc1Cl. The minimum absolute atomic E-state index is 0.143. The largest absolute Gasteiger partial charge is 0.126 e. The van der Waals surface area contributed by atoms with Crippen LogP contribution in [0.2, 0.25) is 10.0 Å². The van der Waals surface area contributed by atoms with Crippen LogP contribution >= 0.6 is 34.8 Å². The number of allylic oxidation sites excluding steroid dienone is 1. The fourth-order valence-corrected chi connectivity index (χ4v) is 1.87. The van der Waals surface area contributed by atoms with Crippen LogP contribution in [0.4, 0.5) is 0 Å². The van der Waals surface area contributed by atoms with E-state index in [2.05, 4.69) is 6.58 Å². The van der Waals surface area contributed by atoms with Crippen LogP contribution in [0.3, 0.4) is 0 Å². The van der Waals surface area contributed by atoms with Crippen molar-refractivity contribution in [2.45, 2.75) is 13.3 Å². The van der Waals surface area contributed by atoms with E-state index in [4.69, 9.17) is 34.8 Å². The number of hydrogen-bond acceptors (Lipinski definition) is 0. The van der Waals surface area contributed by atoms with Crippen LogP contribution in [0.25, 0.3) is 0 Å². The van der Waals surface area contributed by atoms with E-state index in [0.29, 0.717) is 10.9 Å². The van der Waals surface area contributed by atoms with Crippen molar-refractivity contribution in [3.63, 3.8) is 0 Å². The Morgan fingerprint density at radius 2 is 2.07 bits per heavy atom. The van der Waals surface area contributed by atoms with Gasteiger partial charge in [-0.3, -0.25) is 0 Å². The van der Waals surface area contributed by atoms with Crippen molar-refractivity contribution in [3.05, 3.63) is 46.5 Å². The van der Waals surface area contributed by atoms with Crippen LogP contribution in [0.1, 0.15) is 12.5 Å². The molecule has 0 aliphatic rings. The molecule has 0 bridgehead atoms. The topological polar surface area (TPSA) is 0 Å². The molecule has 0 saturated heterocycles. The van der Waals surface area contributed by atoms with E-state index in [0.717, 1.165) is 17.0 Å². The molecule has 0 amide bonds. The van der Waals surface area contributed by atoms with Crippen molar-refractivity contribution >= 4 is 34.8 Å². The van der Waals surface area contributed by atoms with Crippen LogP contribution in [0, 0.1) is 5.41 Å². The highest BCUT2D eigenvalue weighted by molar-refractivity contribution is 6.33. The van der Waals surface area contributed by atoms with Crippen molar-refractivity contribution in [3.8, 4) is 0 Å². The van der Waals surface area contributed by atoms with Crippen LogP contribution in [-0.4, -0.2) is 5.88 Å². The average Bonchev–Trinajstić information content (AvgIpc) is 2.23. The van der Waals surface area contributed by atoms with Gasteiger partial charge in [0.15, 0.2) is 0 Å². The smallest absolute Gasteiger partial charge is 0.0439 e. The number of hydrogen-bond donors (Lipinski definition) is 0. The zero-order valence-electron chi connectivity index (χ0n) is 8.56. The van der Waals surface area contributed by atoms with Crippen molar-refractivity contribution in [2.75, 3.05) is 5.88 Å². The van der Waals surface area contributed by atoms with Gasteiger partial charge in [-0.05, 0) is 30.2 Å². The highest BCUT2D eigenvalue weighted by Gasteiger charge is 2.20. The Balaban J connectivity index is 2.97. The molecule has 82 valence electrons. The van der Waals surface area contributed by atoms with Gasteiger partial charge >= 0.3 is 0 Å². The molecule has 0 saturated carbocycles. The molecule has 15 heavy (non-hydrogen) atoms. The number of halogens is 3. The molecule has 1 aromatic rings. The van der Waals surface area contributed by atoms with Crippen molar-refractivity contribution in [1.29, 1.82) is 0 Å². The van der Waals surface area contributed by atoms with Crippen molar-refractivity contribution in [2.24, 2.45) is 5.41 Å². The molecule has 1 unspecified atom stereocenters. The van der Waals surface area contributed by atoms with Gasteiger partial charge < -0.3 is 0 Å². The van der Waals surface area contributed by atoms with Gasteiger partial charge in [-0.25, -0.2) is 0 Å². The van der Waals surface area contributed by atoms with E-state index in [-0.39, 0.29) is 5.41 Å². The first-order valence-electron chi connectivity index (χ1n) is 4.64. The predicted octanol–water partition coefficient (Wildman–Crippen LogP) is 4.97. The van der Waals surface area contributed by atoms with Gasteiger partial charge in [0.1, 0.15) is 0 Å². The van der Waals surface area contributed by atoms with E-state index in [9.17, 15) is 0 Å². The van der Waals surface area contributed by atoms with Gasteiger partial charge in [-0.15, -0.1) is 18.2 Å². The average molecular weight is 264 g/mol. The number of alkyl halides is 1. The third kappa shape index (κ3) is 3.41. The maximum absolute atomic E-state index is 6.08. The van der Waals surface area contributed by atoms with Gasteiger partial charge in [0, 0.05) is 21.3 Å². The first-order valence-corrected chi connectivity index (χ1v) is 5.93. The second-order valence-corrected chi connectivity index (χ2v) is 5.02. The summed E-state index contributed by atoms with van der Waals surface area (Å²) in [4.78, 5) is 0. The quantitative estimate of drug-likeness (QED) is 0.532. The lowest BCUT2D eigenvalue weighted by molar-refractivity contribution is 0.486. The minimum Gasteiger partial charge on any atom is -0.126 e. The third-order valence-corrected chi connectivity index (χ3v) is 3.61. The fourth-order valence-electron chi connectivity index (χ4n) is 1.29. The Labute approximate surface area is 106 Å². The zero-order chi connectivity index (χ0) is 11.5. The molecule has 0 N–H and O–H groups in total. The first kappa shape index (κ1) is 12.9. The molecule has 0 nitrogen and oxygen atoms in total. The van der Waals surface area contributed by atoms with Gasteiger partial charge in [-0.1, -0.05) is 36.2 Å². The Morgan fingerprint density at radius 1 is 1.40 bits per heavy atom. The van der Waals surface area contributed by atoms with Crippen LogP contribution in [0.15, 0.2) is 30.9 Å². The highest BCUT2D eigenvalue weighted by atomic mass is 35.5. The molecular weight excluding hydrogens is 250 g/mol. The molecule has 0 radical (unpaired) electrons. The molecule has 0 heterocycles. The Morgan fingerprint density at radius 3 is 2.60 bits per heavy atom. The molecule has 1 atom stereocenters. The van der Waals surface area contributed by atoms with E-state index < -0.39 is 0 Å². The summed E-state index contributed by atoms with van der Waals surface area (Å²) in [6, 6.07) is 5.45. The Kier molecular flexibility index (Phi) is 4.51. The zero-order valence-corrected chi connectivity index (χ0v) is 10.8. The van der Waals surface area contributed by atoms with E-state index in [1.807, 2.05) is 19.1 Å². The first-order chi connectivity index (χ1) is 7.00. The predicted molar refractivity (Wildman–Crippen MR) is 69.2 cm³/mol. The van der Waals surface area contributed by atoms with Crippen molar-refractivity contribution < 1.29 is 0 Å². The Bertz CT molecular complexity index is 360. The molecule has 0 aromatic heterocycles. The summed E-state index contributed by atoms with van der Waals surface area (Å²) in [5, 5.41) is 1.41. The molecule has 0 spiro atoms. The van der Waals surface area contributed by atoms with E-state index in [1.165, 1.54) is 0 Å². The summed E-state index contributed by atoms with van der Waals surface area (Å²) in [5.74, 6) is 0.513. The summed E-state index contributed by atoms with van der Waals surface area (Å²) in [6.07, 6.45) is 2.61. The normalized spacial score (nSPS) is 14.7. The lowest BCUT2D eigenvalue weighted by Crippen LogP contribution is -2.18. The van der Waals surface area contributed by atoms with E-state index in [1.54, 1.807) is 12.1 Å². The molecule has 1 rings (SSSR count). The van der Waals surface area contributed by atoms with Crippen LogP contribution < -0.4 is 0 Å². The number of benzene rings is 1. The highest BCUT2D eigenvalue weighted by Crippen LogP contribution is 2.30. The molecule has 1 aromatic carbocycles. The lowest BCUT2D eigenvalue weighted by Gasteiger charge is -2.23. The fraction of sp³-hybridized carbons (Fsp3) is 0.333. The summed E-state index contributed by atoms with van der Waals surface area (Å²) in [6.45, 7) is 5.84. The summed E-state index contributed by atoms with van der Waals surface area (Å²) in [5.41, 5.74) is 0.864. The molecule has 3 heteroatoms. The molecule has 0 fully saturated rings. The van der Waals surface area contributed by atoms with Gasteiger partial charge in [0.05, 0.1) is 0 Å². The van der Waals surface area contributed by atoms with Gasteiger partial charge in [0.2, 0.25) is 0 Å². The monoisotopic (exact) mass is 262 g/mol. The maximum Gasteiger partial charge on any atom is 0.0439 e. The van der Waals surface area contributed by atoms with Crippen LogP contribution in [0.5, 0.6) is 0 Å². The third-order valence-electron chi connectivity index (χ3n) is 2.40. The summed E-state index contributed by atoms with van der Waals surface area (Å²) >= 11 is 17.9. The second-order valence-electron chi connectivity index (χ2n) is 3.90.